The first kappa shape index (κ1) is 19.3. The second-order valence-electron chi connectivity index (χ2n) is 8.81. The van der Waals surface area contributed by atoms with Gasteiger partial charge in [0.1, 0.15) is 0 Å². The number of rotatable bonds is 3. The first-order chi connectivity index (χ1) is 12.2. The van der Waals surface area contributed by atoms with Gasteiger partial charge < -0.3 is 9.80 Å². The molecule has 2 heterocycles. The summed E-state index contributed by atoms with van der Waals surface area (Å²) in [6.07, 6.45) is 2.02. The van der Waals surface area contributed by atoms with Gasteiger partial charge in [-0.3, -0.25) is 9.59 Å². The van der Waals surface area contributed by atoms with Crippen LogP contribution in [0.2, 0.25) is 0 Å². The van der Waals surface area contributed by atoms with Crippen molar-refractivity contribution in [3.63, 3.8) is 0 Å². The summed E-state index contributed by atoms with van der Waals surface area (Å²) in [5, 5.41) is -0.0822. The van der Waals surface area contributed by atoms with Crippen molar-refractivity contribution in [3.8, 4) is 0 Å². The zero-order chi connectivity index (χ0) is 18.9. The summed E-state index contributed by atoms with van der Waals surface area (Å²) in [5.41, 5.74) is -0.228. The molecule has 5 heteroatoms. The molecule has 0 N–H and O–H groups in total. The number of nitrogens with zero attached hydrogens (tertiary/aromatic N) is 2. The fourth-order valence-corrected chi connectivity index (χ4v) is 5.02. The van der Waals surface area contributed by atoms with Crippen molar-refractivity contribution in [3.05, 3.63) is 30.3 Å². The van der Waals surface area contributed by atoms with Crippen molar-refractivity contribution < 1.29 is 9.59 Å². The number of carbonyl (C=O) groups is 2. The topological polar surface area (TPSA) is 40.6 Å². The minimum absolute atomic E-state index is 0.0822. The highest BCUT2D eigenvalue weighted by atomic mass is 32.2. The summed E-state index contributed by atoms with van der Waals surface area (Å²) in [4.78, 5) is 30.6. The maximum Gasteiger partial charge on any atom is 0.235 e. The summed E-state index contributed by atoms with van der Waals surface area (Å²) < 4.78 is 0. The fourth-order valence-electron chi connectivity index (χ4n) is 4.05. The molecule has 2 unspecified atom stereocenters. The summed E-state index contributed by atoms with van der Waals surface area (Å²) >= 11 is 1.62. The Hall–Kier alpha value is -1.49. The van der Waals surface area contributed by atoms with Crippen LogP contribution >= 0.6 is 11.8 Å². The number of hydrogen-bond donors (Lipinski definition) is 0. The number of amides is 2. The summed E-state index contributed by atoms with van der Waals surface area (Å²) in [5.74, 6) is 0.448. The number of thioether (sulfide) groups is 1. The molecule has 4 nitrogen and oxygen atoms in total. The third-order valence-corrected chi connectivity index (χ3v) is 6.62. The van der Waals surface area contributed by atoms with E-state index in [1.54, 1.807) is 11.8 Å². The Labute approximate surface area is 161 Å². The van der Waals surface area contributed by atoms with E-state index in [1.165, 1.54) is 0 Å². The quantitative estimate of drug-likeness (QED) is 0.758. The van der Waals surface area contributed by atoms with Gasteiger partial charge in [0, 0.05) is 41.9 Å². The molecule has 0 aromatic heterocycles. The summed E-state index contributed by atoms with van der Waals surface area (Å²) in [6, 6.07) is 10.1. The normalized spacial score (nSPS) is 24.3. The molecule has 0 saturated carbocycles. The van der Waals surface area contributed by atoms with Crippen LogP contribution in [0.15, 0.2) is 35.2 Å². The molecule has 0 radical (unpaired) electrons. The van der Waals surface area contributed by atoms with E-state index >= 15 is 0 Å². The van der Waals surface area contributed by atoms with E-state index in [2.05, 4.69) is 0 Å². The molecule has 1 aromatic carbocycles. The lowest BCUT2D eigenvalue weighted by molar-refractivity contribution is -0.138. The first-order valence-corrected chi connectivity index (χ1v) is 10.4. The van der Waals surface area contributed by atoms with Gasteiger partial charge in [-0.25, -0.2) is 0 Å². The molecule has 2 aliphatic rings. The van der Waals surface area contributed by atoms with E-state index in [4.69, 9.17) is 0 Å². The Morgan fingerprint density at radius 2 is 1.62 bits per heavy atom. The average Bonchev–Trinajstić information content (AvgIpc) is 3.21. The van der Waals surface area contributed by atoms with Crippen molar-refractivity contribution in [2.45, 2.75) is 50.7 Å². The molecule has 1 aromatic rings. The fraction of sp³-hybridized carbons (Fsp3) is 0.619. The Morgan fingerprint density at radius 1 is 1.04 bits per heavy atom. The first-order valence-electron chi connectivity index (χ1n) is 9.50. The van der Waals surface area contributed by atoms with E-state index in [0.717, 1.165) is 43.9 Å². The molecule has 2 atom stereocenters. The van der Waals surface area contributed by atoms with Gasteiger partial charge >= 0.3 is 0 Å². The second-order valence-corrected chi connectivity index (χ2v) is 10.2. The van der Waals surface area contributed by atoms with Crippen molar-refractivity contribution in [1.29, 1.82) is 0 Å². The standard InChI is InChI=1S/C21H30N2O2S/c1-16(26-17-8-6-5-7-9-17)18(24)22-12-10-21(14-22)11-13-23(15-21)19(25)20(2,3)4/h5-9,16H,10-15H2,1-4H3. The molecule has 0 aliphatic carbocycles. The largest absolute Gasteiger partial charge is 0.342 e. The third kappa shape index (κ3) is 4.08. The Balaban J connectivity index is 1.58. The molecule has 2 amide bonds. The van der Waals surface area contributed by atoms with Crippen LogP contribution in [0.3, 0.4) is 0 Å². The van der Waals surface area contributed by atoms with Crippen LogP contribution < -0.4 is 0 Å². The molecule has 2 aliphatic heterocycles. The Kier molecular flexibility index (Phi) is 5.38. The van der Waals surface area contributed by atoms with Crippen LogP contribution in [-0.4, -0.2) is 53.0 Å². The van der Waals surface area contributed by atoms with Gasteiger partial charge in [0.05, 0.1) is 5.25 Å². The van der Waals surface area contributed by atoms with Crippen LogP contribution in [-0.2, 0) is 9.59 Å². The maximum atomic E-state index is 12.9. The minimum Gasteiger partial charge on any atom is -0.342 e. The lowest BCUT2D eigenvalue weighted by Gasteiger charge is -2.29. The van der Waals surface area contributed by atoms with Crippen LogP contribution in [0.1, 0.15) is 40.5 Å². The highest BCUT2D eigenvalue weighted by Crippen LogP contribution is 2.41. The van der Waals surface area contributed by atoms with Gasteiger partial charge in [-0.15, -0.1) is 11.8 Å². The van der Waals surface area contributed by atoms with Crippen molar-refractivity contribution in [2.75, 3.05) is 26.2 Å². The van der Waals surface area contributed by atoms with E-state index in [1.807, 2.05) is 67.8 Å². The molecular weight excluding hydrogens is 344 g/mol. The zero-order valence-electron chi connectivity index (χ0n) is 16.3. The highest BCUT2D eigenvalue weighted by Gasteiger charge is 2.47. The van der Waals surface area contributed by atoms with Gasteiger partial charge in [0.25, 0.3) is 0 Å². The maximum absolute atomic E-state index is 12.9. The molecule has 2 fully saturated rings. The Bertz CT molecular complexity index is 670. The van der Waals surface area contributed by atoms with Crippen molar-refractivity contribution >= 4 is 23.6 Å². The Morgan fingerprint density at radius 3 is 2.23 bits per heavy atom. The number of likely N-dealkylation sites (tertiary alicyclic amines) is 2. The SMILES string of the molecule is CC(Sc1ccccc1)C(=O)N1CCC2(CCN(C(=O)C(C)(C)C)C2)C1. The van der Waals surface area contributed by atoms with Crippen LogP contribution in [0, 0.1) is 10.8 Å². The van der Waals surface area contributed by atoms with Crippen LogP contribution in [0.25, 0.3) is 0 Å². The van der Waals surface area contributed by atoms with Crippen LogP contribution in [0.4, 0.5) is 0 Å². The summed E-state index contributed by atoms with van der Waals surface area (Å²) in [7, 11) is 0. The van der Waals surface area contributed by atoms with E-state index in [-0.39, 0.29) is 27.9 Å². The average molecular weight is 375 g/mol. The lowest BCUT2D eigenvalue weighted by atomic mass is 9.86. The number of carbonyl (C=O) groups excluding carboxylic acids is 2. The molecule has 3 rings (SSSR count). The molecule has 26 heavy (non-hydrogen) atoms. The predicted molar refractivity (Wildman–Crippen MR) is 106 cm³/mol. The smallest absolute Gasteiger partial charge is 0.235 e. The van der Waals surface area contributed by atoms with E-state index in [0.29, 0.717) is 0 Å². The number of benzene rings is 1. The lowest BCUT2D eigenvalue weighted by Crippen LogP contribution is -2.41. The molecule has 1 spiro atoms. The monoisotopic (exact) mass is 374 g/mol. The zero-order valence-corrected chi connectivity index (χ0v) is 17.1. The van der Waals surface area contributed by atoms with Gasteiger partial charge in [-0.05, 0) is 31.9 Å². The van der Waals surface area contributed by atoms with Crippen molar-refractivity contribution in [1.82, 2.24) is 9.80 Å². The molecule has 0 bridgehead atoms. The second kappa shape index (κ2) is 7.26. The minimum atomic E-state index is -0.333. The van der Waals surface area contributed by atoms with E-state index in [9.17, 15) is 9.59 Å². The molecule has 2 saturated heterocycles. The van der Waals surface area contributed by atoms with Gasteiger partial charge in [0.15, 0.2) is 0 Å². The van der Waals surface area contributed by atoms with E-state index < -0.39 is 0 Å². The molecule has 142 valence electrons. The number of hydrogen-bond acceptors (Lipinski definition) is 3. The predicted octanol–water partition coefficient (Wildman–Crippen LogP) is 3.66. The van der Waals surface area contributed by atoms with Gasteiger partial charge in [0.2, 0.25) is 11.8 Å². The van der Waals surface area contributed by atoms with Crippen molar-refractivity contribution in [2.24, 2.45) is 10.8 Å². The van der Waals surface area contributed by atoms with Gasteiger partial charge in [-0.2, -0.15) is 0 Å². The third-order valence-electron chi connectivity index (χ3n) is 5.52. The molecular formula is C21H30N2O2S. The van der Waals surface area contributed by atoms with Crippen LogP contribution in [0.5, 0.6) is 0 Å². The van der Waals surface area contributed by atoms with Gasteiger partial charge in [-0.1, -0.05) is 39.0 Å². The summed E-state index contributed by atoms with van der Waals surface area (Å²) in [6.45, 7) is 11.2. The highest BCUT2D eigenvalue weighted by molar-refractivity contribution is 8.00.